The number of hydrogen-bond donors (Lipinski definition) is 6. The number of cyclic esters (lactones) is 2. The largest absolute Gasteiger partial charge is 0.456 e. The summed E-state index contributed by atoms with van der Waals surface area (Å²) < 4.78 is 11.4. The van der Waals surface area contributed by atoms with Gasteiger partial charge in [0.05, 0.1) is 12.6 Å². The summed E-state index contributed by atoms with van der Waals surface area (Å²) in [6.45, 7) is 16.3. The van der Waals surface area contributed by atoms with Crippen molar-refractivity contribution in [3.63, 3.8) is 0 Å². The van der Waals surface area contributed by atoms with E-state index in [1.54, 1.807) is 64.1 Å². The molecule has 0 saturated carbocycles. The molecule has 6 N–H and O–H groups in total. The number of ether oxygens (including phenoxy) is 2. The van der Waals surface area contributed by atoms with Gasteiger partial charge in [-0.25, -0.2) is 9.59 Å². The van der Waals surface area contributed by atoms with E-state index in [4.69, 9.17) is 9.47 Å². The minimum Gasteiger partial charge on any atom is -0.456 e. The fraction of sp³-hybridized carbons (Fsp3) is 0.595. The number of hydrogen-bond acceptors (Lipinski definition) is 10. The summed E-state index contributed by atoms with van der Waals surface area (Å²) in [4.78, 5) is 93.7. The molecule has 0 aliphatic carbocycles. The molecule has 15 nitrogen and oxygen atoms in total. The van der Waals surface area contributed by atoms with Crippen LogP contribution in [-0.2, 0) is 49.5 Å². The Balaban J connectivity index is 2.53. The van der Waals surface area contributed by atoms with Crippen molar-refractivity contribution >= 4 is 41.5 Å². The van der Waals surface area contributed by atoms with Crippen LogP contribution in [0.4, 0.5) is 0 Å². The van der Waals surface area contributed by atoms with Crippen LogP contribution in [0.5, 0.6) is 0 Å². The molecule has 0 fully saturated rings. The first-order chi connectivity index (χ1) is 26.8. The van der Waals surface area contributed by atoms with Crippen LogP contribution in [0.3, 0.4) is 0 Å². The van der Waals surface area contributed by atoms with Crippen molar-refractivity contribution in [2.24, 2.45) is 17.8 Å². The number of nitrogens with one attached hydrogen (secondary N) is 5. The Bertz CT molecular complexity index is 1630. The number of rotatable bonds is 7. The zero-order valence-corrected chi connectivity index (χ0v) is 35.0. The van der Waals surface area contributed by atoms with Gasteiger partial charge < -0.3 is 41.2 Å². The van der Waals surface area contributed by atoms with E-state index in [-0.39, 0.29) is 36.7 Å². The van der Waals surface area contributed by atoms with Crippen molar-refractivity contribution in [2.45, 2.75) is 137 Å². The van der Waals surface area contributed by atoms with E-state index in [0.29, 0.717) is 17.6 Å². The lowest BCUT2D eigenvalue weighted by atomic mass is 9.90. The Morgan fingerprint density at radius 2 is 1.49 bits per heavy atom. The number of carbonyl (C=O) groups excluding carboxylic acids is 7. The predicted octanol–water partition coefficient (Wildman–Crippen LogP) is 2.55. The highest BCUT2D eigenvalue weighted by molar-refractivity contribution is 5.96. The Morgan fingerprint density at radius 3 is 2.09 bits per heavy atom. The summed E-state index contributed by atoms with van der Waals surface area (Å²) in [5, 5.41) is 24.2. The molecule has 1 aromatic carbocycles. The van der Waals surface area contributed by atoms with Gasteiger partial charge in [0.1, 0.15) is 30.3 Å². The Kier molecular flexibility index (Phi) is 19.6. The molecule has 0 spiro atoms. The van der Waals surface area contributed by atoms with Crippen LogP contribution in [-0.4, -0.2) is 95.6 Å². The molecule has 0 aromatic heterocycles. The highest BCUT2D eigenvalue weighted by atomic mass is 16.6. The second-order valence-electron chi connectivity index (χ2n) is 15.3. The summed E-state index contributed by atoms with van der Waals surface area (Å²) in [5.74, 6) is -6.13. The lowest BCUT2D eigenvalue weighted by molar-refractivity contribution is -0.154. The molecule has 0 bridgehead atoms. The zero-order chi connectivity index (χ0) is 43.0. The van der Waals surface area contributed by atoms with Crippen molar-refractivity contribution in [1.29, 1.82) is 0 Å². The molecular formula is C42H63N5O10. The SMILES string of the molecule is C/C=C(\C)[C@@H]1OC(=O)[C@H](C)NC(=O)[C@H]([C@@H](C)CC)NC(=O)CNC(=O)C(Cc2ccccc2)NC(=O)[C@@H](C)NC(=O)C(CC(C)C)OC(=O)/C(C)=C/C[C@@H](O)[C@@H]1C. The van der Waals surface area contributed by atoms with E-state index in [9.17, 15) is 38.7 Å². The van der Waals surface area contributed by atoms with Crippen LogP contribution >= 0.6 is 0 Å². The van der Waals surface area contributed by atoms with Crippen LogP contribution in [0.2, 0.25) is 0 Å². The topological polar surface area (TPSA) is 218 Å². The molecule has 2 unspecified atom stereocenters. The fourth-order valence-electron chi connectivity index (χ4n) is 5.97. The first-order valence-corrected chi connectivity index (χ1v) is 19.7. The van der Waals surface area contributed by atoms with Gasteiger partial charge in [-0.3, -0.25) is 24.0 Å². The summed E-state index contributed by atoms with van der Waals surface area (Å²) in [7, 11) is 0. The number of benzene rings is 1. The van der Waals surface area contributed by atoms with Crippen LogP contribution in [0.1, 0.15) is 94.1 Å². The van der Waals surface area contributed by atoms with Gasteiger partial charge >= 0.3 is 11.9 Å². The van der Waals surface area contributed by atoms with E-state index < -0.39 is 96.4 Å². The molecule has 1 aliphatic heterocycles. The van der Waals surface area contributed by atoms with Crippen molar-refractivity contribution in [3.8, 4) is 0 Å². The van der Waals surface area contributed by atoms with Gasteiger partial charge in [-0.2, -0.15) is 0 Å². The third-order valence-corrected chi connectivity index (χ3v) is 10.1. The zero-order valence-electron chi connectivity index (χ0n) is 35.0. The molecule has 1 aromatic rings. The van der Waals surface area contributed by atoms with Crippen LogP contribution in [0, 0.1) is 17.8 Å². The minimum atomic E-state index is -1.26. The second kappa shape index (κ2) is 23.2. The molecule has 2 rings (SSSR count). The van der Waals surface area contributed by atoms with E-state index in [2.05, 4.69) is 26.6 Å². The number of esters is 2. The van der Waals surface area contributed by atoms with Crippen LogP contribution < -0.4 is 26.6 Å². The van der Waals surface area contributed by atoms with Gasteiger partial charge in [0.15, 0.2) is 6.10 Å². The maximum absolute atomic E-state index is 13.5. The maximum atomic E-state index is 13.5. The molecular weight excluding hydrogens is 734 g/mol. The number of aliphatic hydroxyl groups is 1. The van der Waals surface area contributed by atoms with Crippen LogP contribution in [0.15, 0.2) is 53.6 Å². The highest BCUT2D eigenvalue weighted by Crippen LogP contribution is 2.23. The number of aliphatic hydroxyl groups excluding tert-OH is 1. The molecule has 0 radical (unpaired) electrons. The standard InChI is InChI=1S/C42H63N5O10/c1-11-24(5)35-40(53)45-29(10)42(55)57-36(25(6)12-2)27(8)32(48)19-18-26(7)41(54)56-33(20-23(3)4)39(52)44-28(9)37(50)46-31(21-30-16-14-13-15-17-30)38(51)43-22-34(49)47-35/h12-18,23-24,27-29,31-33,35-36,48H,11,19-22H2,1-10H3,(H,43,51)(H,44,52)(H,45,53)(H,46,50)(H,47,49)/b25-12+,26-18+/t24-,27-,28+,29-,31?,32+,33?,35-,36-/m0/s1. The lowest BCUT2D eigenvalue weighted by Gasteiger charge is -2.30. The molecule has 9 atom stereocenters. The summed E-state index contributed by atoms with van der Waals surface area (Å²) >= 11 is 0. The van der Waals surface area contributed by atoms with Gasteiger partial charge in [0, 0.05) is 17.9 Å². The molecule has 316 valence electrons. The van der Waals surface area contributed by atoms with Gasteiger partial charge in [-0.1, -0.05) is 83.5 Å². The van der Waals surface area contributed by atoms with Crippen molar-refractivity contribution in [1.82, 2.24) is 26.6 Å². The average molecular weight is 798 g/mol. The molecule has 57 heavy (non-hydrogen) atoms. The first-order valence-electron chi connectivity index (χ1n) is 19.7. The van der Waals surface area contributed by atoms with E-state index in [1.807, 2.05) is 20.8 Å². The molecule has 1 heterocycles. The normalized spacial score (nSPS) is 29.0. The Labute approximate surface area is 336 Å². The van der Waals surface area contributed by atoms with Crippen molar-refractivity contribution in [3.05, 3.63) is 59.2 Å². The molecule has 0 saturated heterocycles. The summed E-state index contributed by atoms with van der Waals surface area (Å²) in [6, 6.07) is 4.32. The maximum Gasteiger partial charge on any atom is 0.334 e. The summed E-state index contributed by atoms with van der Waals surface area (Å²) in [5.41, 5.74) is 1.48. The van der Waals surface area contributed by atoms with E-state index in [0.717, 1.165) is 0 Å². The van der Waals surface area contributed by atoms with E-state index >= 15 is 0 Å². The van der Waals surface area contributed by atoms with Gasteiger partial charge in [0.25, 0.3) is 5.91 Å². The number of allylic oxidation sites excluding steroid dienone is 1. The van der Waals surface area contributed by atoms with Gasteiger partial charge in [-0.05, 0) is 70.4 Å². The Hall–Kier alpha value is -5.05. The fourth-order valence-corrected chi connectivity index (χ4v) is 5.97. The molecule has 5 amide bonds. The lowest BCUT2D eigenvalue weighted by Crippen LogP contribution is -2.57. The summed E-state index contributed by atoms with van der Waals surface area (Å²) in [6.07, 6.45) is 0.633. The van der Waals surface area contributed by atoms with Crippen molar-refractivity contribution in [2.75, 3.05) is 6.54 Å². The Morgan fingerprint density at radius 1 is 0.860 bits per heavy atom. The quantitative estimate of drug-likeness (QED) is 0.175. The number of carbonyl (C=O) groups is 7. The number of amides is 5. The second-order valence-corrected chi connectivity index (χ2v) is 15.3. The average Bonchev–Trinajstić information content (AvgIpc) is 3.17. The molecule has 15 heteroatoms. The highest BCUT2D eigenvalue weighted by Gasteiger charge is 2.34. The molecule has 1 aliphatic rings. The third kappa shape index (κ3) is 15.4. The van der Waals surface area contributed by atoms with Gasteiger partial charge in [0.2, 0.25) is 23.6 Å². The monoisotopic (exact) mass is 797 g/mol. The predicted molar refractivity (Wildman–Crippen MR) is 214 cm³/mol. The van der Waals surface area contributed by atoms with Crippen LogP contribution in [0.25, 0.3) is 0 Å². The smallest absolute Gasteiger partial charge is 0.334 e. The third-order valence-electron chi connectivity index (χ3n) is 10.1. The van der Waals surface area contributed by atoms with E-state index in [1.165, 1.54) is 26.8 Å². The van der Waals surface area contributed by atoms with Gasteiger partial charge in [-0.15, -0.1) is 0 Å². The minimum absolute atomic E-state index is 0.0221. The van der Waals surface area contributed by atoms with Crippen molar-refractivity contribution < 1.29 is 48.1 Å². The first kappa shape index (κ1) is 48.1.